The highest BCUT2D eigenvalue weighted by atomic mass is 79.9. The molecule has 0 spiro atoms. The van der Waals surface area contributed by atoms with E-state index in [1.165, 1.54) is 5.56 Å². The Labute approximate surface area is 133 Å². The third-order valence-electron chi connectivity index (χ3n) is 3.39. The second-order valence-electron chi connectivity index (χ2n) is 4.60. The molecule has 1 aromatic heterocycles. The summed E-state index contributed by atoms with van der Waals surface area (Å²) < 4.78 is 11.7. The van der Waals surface area contributed by atoms with Crippen LogP contribution in [0.2, 0.25) is 0 Å². The van der Waals surface area contributed by atoms with Gasteiger partial charge in [-0.2, -0.15) is 0 Å². The van der Waals surface area contributed by atoms with Crippen LogP contribution in [0.4, 0.5) is 0 Å². The van der Waals surface area contributed by atoms with Gasteiger partial charge in [-0.05, 0) is 43.3 Å². The number of aromatic nitrogens is 1. The first kappa shape index (κ1) is 15.8. The Morgan fingerprint density at radius 1 is 1.24 bits per heavy atom. The van der Waals surface area contributed by atoms with E-state index < -0.39 is 0 Å². The van der Waals surface area contributed by atoms with Gasteiger partial charge in [0.1, 0.15) is 5.75 Å². The zero-order valence-electron chi connectivity index (χ0n) is 12.4. The standard InChI is InChI=1S/C16H19BrN2O2/c1-18-15(13-5-4-8-19-16(13)21-3)10-11-9-12(20-2)6-7-14(11)17/h4-9,15,18H,10H2,1-3H3. The molecule has 1 atom stereocenters. The molecule has 0 saturated carbocycles. The minimum atomic E-state index is 0.108. The van der Waals surface area contributed by atoms with Crippen molar-refractivity contribution >= 4 is 15.9 Å². The van der Waals surface area contributed by atoms with Crippen LogP contribution in [0.5, 0.6) is 11.6 Å². The summed E-state index contributed by atoms with van der Waals surface area (Å²) in [6.45, 7) is 0. The molecule has 5 heteroatoms. The van der Waals surface area contributed by atoms with Gasteiger partial charge >= 0.3 is 0 Å². The molecule has 1 aromatic carbocycles. The molecular weight excluding hydrogens is 332 g/mol. The number of pyridine rings is 1. The quantitative estimate of drug-likeness (QED) is 0.867. The van der Waals surface area contributed by atoms with E-state index in [1.807, 2.05) is 37.4 Å². The van der Waals surface area contributed by atoms with Gasteiger partial charge in [0, 0.05) is 22.3 Å². The fraction of sp³-hybridized carbons (Fsp3) is 0.312. The Hall–Kier alpha value is -1.59. The summed E-state index contributed by atoms with van der Waals surface area (Å²) in [4.78, 5) is 4.27. The van der Waals surface area contributed by atoms with E-state index in [9.17, 15) is 0 Å². The number of hydrogen-bond acceptors (Lipinski definition) is 4. The zero-order valence-corrected chi connectivity index (χ0v) is 14.0. The maximum atomic E-state index is 5.35. The predicted molar refractivity (Wildman–Crippen MR) is 87.0 cm³/mol. The lowest BCUT2D eigenvalue weighted by molar-refractivity contribution is 0.384. The number of ether oxygens (including phenoxy) is 2. The summed E-state index contributed by atoms with van der Waals surface area (Å²) >= 11 is 3.60. The molecule has 2 rings (SSSR count). The average molecular weight is 351 g/mol. The summed E-state index contributed by atoms with van der Waals surface area (Å²) in [5.74, 6) is 1.50. The highest BCUT2D eigenvalue weighted by Crippen LogP contribution is 2.30. The van der Waals surface area contributed by atoms with Crippen molar-refractivity contribution in [1.29, 1.82) is 0 Å². The smallest absolute Gasteiger partial charge is 0.217 e. The number of rotatable bonds is 6. The fourth-order valence-electron chi connectivity index (χ4n) is 2.26. The van der Waals surface area contributed by atoms with E-state index in [0.717, 1.165) is 22.2 Å². The Balaban J connectivity index is 2.31. The number of hydrogen-bond donors (Lipinski definition) is 1. The Morgan fingerprint density at radius 3 is 2.71 bits per heavy atom. The second kappa shape index (κ2) is 7.43. The third kappa shape index (κ3) is 3.74. The lowest BCUT2D eigenvalue weighted by atomic mass is 9.99. The summed E-state index contributed by atoms with van der Waals surface area (Å²) in [5, 5.41) is 3.32. The number of nitrogens with zero attached hydrogens (tertiary/aromatic N) is 1. The first-order chi connectivity index (χ1) is 10.2. The monoisotopic (exact) mass is 350 g/mol. The van der Waals surface area contributed by atoms with Crippen molar-refractivity contribution in [2.75, 3.05) is 21.3 Å². The van der Waals surface area contributed by atoms with Crippen molar-refractivity contribution in [3.8, 4) is 11.6 Å². The normalized spacial score (nSPS) is 12.0. The molecule has 2 aromatic rings. The lowest BCUT2D eigenvalue weighted by Gasteiger charge is -2.19. The topological polar surface area (TPSA) is 43.4 Å². The Bertz CT molecular complexity index is 605. The molecule has 1 unspecified atom stereocenters. The maximum absolute atomic E-state index is 5.35. The highest BCUT2D eigenvalue weighted by molar-refractivity contribution is 9.10. The zero-order chi connectivity index (χ0) is 15.2. The number of methoxy groups -OCH3 is 2. The van der Waals surface area contributed by atoms with Crippen LogP contribution in [-0.4, -0.2) is 26.3 Å². The van der Waals surface area contributed by atoms with Crippen LogP contribution in [0, 0.1) is 0 Å². The van der Waals surface area contributed by atoms with Crippen molar-refractivity contribution in [3.63, 3.8) is 0 Å². The van der Waals surface area contributed by atoms with E-state index in [1.54, 1.807) is 20.4 Å². The average Bonchev–Trinajstić information content (AvgIpc) is 2.54. The van der Waals surface area contributed by atoms with Crippen LogP contribution in [0.3, 0.4) is 0 Å². The van der Waals surface area contributed by atoms with Gasteiger partial charge < -0.3 is 14.8 Å². The van der Waals surface area contributed by atoms with E-state index in [-0.39, 0.29) is 6.04 Å². The largest absolute Gasteiger partial charge is 0.497 e. The SMILES string of the molecule is CNC(Cc1cc(OC)ccc1Br)c1cccnc1OC. The van der Waals surface area contributed by atoms with Crippen molar-refractivity contribution in [2.45, 2.75) is 12.5 Å². The second-order valence-corrected chi connectivity index (χ2v) is 5.46. The van der Waals surface area contributed by atoms with E-state index >= 15 is 0 Å². The molecule has 4 nitrogen and oxygen atoms in total. The molecule has 1 N–H and O–H groups in total. The van der Waals surface area contributed by atoms with Crippen molar-refractivity contribution < 1.29 is 9.47 Å². The minimum Gasteiger partial charge on any atom is -0.497 e. The summed E-state index contributed by atoms with van der Waals surface area (Å²) in [7, 11) is 5.25. The first-order valence-electron chi connectivity index (χ1n) is 6.68. The van der Waals surface area contributed by atoms with Crippen LogP contribution in [0.1, 0.15) is 17.2 Å². The van der Waals surface area contributed by atoms with Crippen LogP contribution >= 0.6 is 15.9 Å². The van der Waals surface area contributed by atoms with Crippen LogP contribution in [0.15, 0.2) is 41.0 Å². The molecular formula is C16H19BrN2O2. The molecule has 0 radical (unpaired) electrons. The van der Waals surface area contributed by atoms with Crippen LogP contribution in [0.25, 0.3) is 0 Å². The lowest BCUT2D eigenvalue weighted by Crippen LogP contribution is -2.20. The number of benzene rings is 1. The van der Waals surface area contributed by atoms with Crippen LogP contribution in [-0.2, 0) is 6.42 Å². The van der Waals surface area contributed by atoms with Crippen molar-refractivity contribution in [2.24, 2.45) is 0 Å². The molecule has 0 amide bonds. The van der Waals surface area contributed by atoms with E-state index in [0.29, 0.717) is 5.88 Å². The van der Waals surface area contributed by atoms with Gasteiger partial charge in [-0.15, -0.1) is 0 Å². The summed E-state index contributed by atoms with van der Waals surface area (Å²) in [5.41, 5.74) is 2.21. The molecule has 0 aliphatic heterocycles. The Morgan fingerprint density at radius 2 is 2.05 bits per heavy atom. The fourth-order valence-corrected chi connectivity index (χ4v) is 2.67. The third-order valence-corrected chi connectivity index (χ3v) is 4.17. The molecule has 0 fully saturated rings. The molecule has 21 heavy (non-hydrogen) atoms. The van der Waals surface area contributed by atoms with E-state index in [4.69, 9.17) is 9.47 Å². The van der Waals surface area contributed by atoms with Crippen molar-refractivity contribution in [1.82, 2.24) is 10.3 Å². The summed E-state index contributed by atoms with van der Waals surface area (Å²) in [6.07, 6.45) is 2.53. The van der Waals surface area contributed by atoms with Gasteiger partial charge in [-0.1, -0.05) is 22.0 Å². The molecule has 0 aliphatic rings. The van der Waals surface area contributed by atoms with Crippen molar-refractivity contribution in [3.05, 3.63) is 52.1 Å². The molecule has 1 heterocycles. The molecule has 0 saturated heterocycles. The van der Waals surface area contributed by atoms with Gasteiger partial charge in [0.15, 0.2) is 0 Å². The molecule has 0 bridgehead atoms. The van der Waals surface area contributed by atoms with E-state index in [2.05, 4.69) is 26.2 Å². The number of halogens is 1. The molecule has 112 valence electrons. The predicted octanol–water partition coefficient (Wildman–Crippen LogP) is 3.36. The van der Waals surface area contributed by atoms with Gasteiger partial charge in [-0.3, -0.25) is 0 Å². The maximum Gasteiger partial charge on any atom is 0.217 e. The van der Waals surface area contributed by atoms with Gasteiger partial charge in [0.25, 0.3) is 0 Å². The van der Waals surface area contributed by atoms with Gasteiger partial charge in [-0.25, -0.2) is 4.98 Å². The first-order valence-corrected chi connectivity index (χ1v) is 7.47. The van der Waals surface area contributed by atoms with Gasteiger partial charge in [0.05, 0.1) is 14.2 Å². The van der Waals surface area contributed by atoms with Gasteiger partial charge in [0.2, 0.25) is 5.88 Å². The van der Waals surface area contributed by atoms with Crippen LogP contribution < -0.4 is 14.8 Å². The number of nitrogens with one attached hydrogen (secondary N) is 1. The Kier molecular flexibility index (Phi) is 5.59. The molecule has 0 aliphatic carbocycles. The minimum absolute atomic E-state index is 0.108. The summed E-state index contributed by atoms with van der Waals surface area (Å²) in [6, 6.07) is 10.0. The number of likely N-dealkylation sites (N-methyl/N-ethyl adjacent to an activating group) is 1. The highest BCUT2D eigenvalue weighted by Gasteiger charge is 2.17.